The van der Waals surface area contributed by atoms with Gasteiger partial charge in [-0.2, -0.15) is 13.2 Å². The highest BCUT2D eigenvalue weighted by Gasteiger charge is 2.43. The van der Waals surface area contributed by atoms with Crippen molar-refractivity contribution in [2.24, 2.45) is 0 Å². The van der Waals surface area contributed by atoms with E-state index in [1.807, 2.05) is 0 Å². The summed E-state index contributed by atoms with van der Waals surface area (Å²) in [6.45, 7) is 2.55. The summed E-state index contributed by atoms with van der Waals surface area (Å²) in [5, 5.41) is 8.61. The van der Waals surface area contributed by atoms with Gasteiger partial charge in [0.05, 0.1) is 6.61 Å². The Morgan fingerprint density at radius 2 is 2.05 bits per heavy atom. The number of nitrogens with one attached hydrogen (secondary N) is 1. The van der Waals surface area contributed by atoms with Gasteiger partial charge in [0.1, 0.15) is 6.04 Å². The van der Waals surface area contributed by atoms with E-state index in [1.165, 1.54) is 20.9 Å². The molecule has 1 rings (SSSR count). The van der Waals surface area contributed by atoms with Gasteiger partial charge in [-0.1, -0.05) is 5.21 Å². The molecule has 1 heterocycles. The molecule has 1 aromatic heterocycles. The summed E-state index contributed by atoms with van der Waals surface area (Å²) in [6, 6.07) is -1.27. The lowest BCUT2D eigenvalue weighted by Crippen LogP contribution is -2.31. The Balaban J connectivity index is 3.34. The lowest BCUT2D eigenvalue weighted by Gasteiger charge is -2.15. The quantitative estimate of drug-likeness (QED) is 0.829. The lowest BCUT2D eigenvalue weighted by atomic mass is 10.2. The molecule has 0 saturated heterocycles. The van der Waals surface area contributed by atoms with Gasteiger partial charge in [-0.05, 0) is 13.8 Å². The molecular weight excluding hydrogens is 281 g/mol. The normalized spacial score (nSPS) is 12.9. The second kappa shape index (κ2) is 5.88. The van der Waals surface area contributed by atoms with Crippen LogP contribution in [0.4, 0.5) is 13.2 Å². The van der Waals surface area contributed by atoms with Crippen LogP contribution in [-0.4, -0.2) is 40.5 Å². The van der Waals surface area contributed by atoms with Gasteiger partial charge in [-0.25, -0.2) is 9.48 Å². The highest BCUT2D eigenvalue weighted by molar-refractivity contribution is 5.89. The average Bonchev–Trinajstić information content (AvgIpc) is 2.81. The van der Waals surface area contributed by atoms with Crippen molar-refractivity contribution in [2.45, 2.75) is 26.1 Å². The van der Waals surface area contributed by atoms with Crippen LogP contribution in [0.25, 0.3) is 0 Å². The number of amides is 1. The van der Waals surface area contributed by atoms with Crippen LogP contribution < -0.4 is 5.32 Å². The van der Waals surface area contributed by atoms with E-state index in [2.05, 4.69) is 20.4 Å². The summed E-state index contributed by atoms with van der Waals surface area (Å²) >= 11 is 0. The Kier molecular flexibility index (Phi) is 4.69. The van der Waals surface area contributed by atoms with Crippen molar-refractivity contribution in [1.82, 2.24) is 20.3 Å². The van der Waals surface area contributed by atoms with Crippen molar-refractivity contribution in [2.75, 3.05) is 13.7 Å². The molecule has 0 aliphatic heterocycles. The molecule has 0 aliphatic carbocycles. The first-order chi connectivity index (χ1) is 9.23. The van der Waals surface area contributed by atoms with E-state index >= 15 is 0 Å². The zero-order valence-corrected chi connectivity index (χ0v) is 11.0. The number of rotatable bonds is 4. The maximum atomic E-state index is 13.0. The van der Waals surface area contributed by atoms with Gasteiger partial charge < -0.3 is 10.1 Å². The minimum absolute atomic E-state index is 0.103. The number of hydrogen-bond donors (Lipinski definition) is 1. The lowest BCUT2D eigenvalue weighted by molar-refractivity contribution is -0.146. The number of carbonyl (C=O) groups is 2. The van der Waals surface area contributed by atoms with Crippen LogP contribution in [0.15, 0.2) is 0 Å². The van der Waals surface area contributed by atoms with Crippen molar-refractivity contribution in [3.63, 3.8) is 0 Å². The van der Waals surface area contributed by atoms with E-state index in [1.54, 1.807) is 0 Å². The van der Waals surface area contributed by atoms with Crippen molar-refractivity contribution in [3.05, 3.63) is 11.4 Å². The third-order valence-corrected chi connectivity index (χ3v) is 2.42. The number of nitrogens with zero attached hydrogens (tertiary/aromatic N) is 3. The predicted molar refractivity (Wildman–Crippen MR) is 59.8 cm³/mol. The Morgan fingerprint density at radius 3 is 2.50 bits per heavy atom. The number of alkyl halides is 3. The summed E-state index contributed by atoms with van der Waals surface area (Å²) in [5.41, 5.74) is -2.37. The predicted octanol–water partition coefficient (Wildman–Crippen LogP) is 0.781. The molecule has 1 atom stereocenters. The first-order valence-corrected chi connectivity index (χ1v) is 5.65. The summed E-state index contributed by atoms with van der Waals surface area (Å²) in [6.07, 6.45) is -4.89. The number of ether oxygens (including phenoxy) is 1. The van der Waals surface area contributed by atoms with Crippen LogP contribution in [0.1, 0.15) is 36.1 Å². The van der Waals surface area contributed by atoms with E-state index < -0.39 is 35.5 Å². The number of aromatic nitrogens is 3. The van der Waals surface area contributed by atoms with E-state index in [-0.39, 0.29) is 6.61 Å². The number of likely N-dealkylation sites (N-methyl/N-ethyl adjacent to an activating group) is 1. The highest BCUT2D eigenvalue weighted by atomic mass is 19.4. The molecule has 0 saturated carbocycles. The van der Waals surface area contributed by atoms with Crippen LogP contribution in [0.2, 0.25) is 0 Å². The third kappa shape index (κ3) is 3.06. The van der Waals surface area contributed by atoms with Crippen LogP contribution in [0.5, 0.6) is 0 Å². The fourth-order valence-electron chi connectivity index (χ4n) is 1.49. The van der Waals surface area contributed by atoms with Gasteiger partial charge in [0.25, 0.3) is 0 Å². The first-order valence-electron chi connectivity index (χ1n) is 5.65. The second-order valence-corrected chi connectivity index (χ2v) is 3.74. The molecule has 0 radical (unpaired) electrons. The van der Waals surface area contributed by atoms with Crippen molar-refractivity contribution in [3.8, 4) is 0 Å². The molecule has 7 nitrogen and oxygen atoms in total. The van der Waals surface area contributed by atoms with Gasteiger partial charge in [0.2, 0.25) is 11.6 Å². The zero-order chi connectivity index (χ0) is 15.5. The van der Waals surface area contributed by atoms with Crippen molar-refractivity contribution < 1.29 is 27.5 Å². The summed E-state index contributed by atoms with van der Waals surface area (Å²) in [4.78, 5) is 22.9. The average molecular weight is 294 g/mol. The Hall–Kier alpha value is -2.13. The fourth-order valence-corrected chi connectivity index (χ4v) is 1.49. The summed E-state index contributed by atoms with van der Waals surface area (Å²) in [7, 11) is 1.27. The van der Waals surface area contributed by atoms with Crippen LogP contribution >= 0.6 is 0 Å². The highest BCUT2D eigenvalue weighted by Crippen LogP contribution is 2.33. The van der Waals surface area contributed by atoms with Gasteiger partial charge in [-0.3, -0.25) is 4.79 Å². The molecule has 1 aromatic rings. The molecule has 0 fully saturated rings. The zero-order valence-electron chi connectivity index (χ0n) is 11.0. The Labute approximate surface area is 112 Å². The van der Waals surface area contributed by atoms with Crippen LogP contribution in [0.3, 0.4) is 0 Å². The molecule has 112 valence electrons. The van der Waals surface area contributed by atoms with Gasteiger partial charge in [0, 0.05) is 7.05 Å². The molecule has 1 N–H and O–H groups in total. The molecule has 10 heteroatoms. The molecular formula is C10H13F3N4O3. The van der Waals surface area contributed by atoms with Crippen molar-refractivity contribution in [1.29, 1.82) is 0 Å². The molecule has 0 spiro atoms. The minimum Gasteiger partial charge on any atom is -0.461 e. The van der Waals surface area contributed by atoms with Crippen LogP contribution in [0, 0.1) is 0 Å². The minimum atomic E-state index is -4.89. The number of halogens is 3. The molecule has 0 aromatic carbocycles. The number of esters is 1. The Bertz CT molecular complexity index is 512. The van der Waals surface area contributed by atoms with E-state index in [9.17, 15) is 22.8 Å². The Morgan fingerprint density at radius 1 is 1.45 bits per heavy atom. The third-order valence-electron chi connectivity index (χ3n) is 2.42. The molecule has 0 bridgehead atoms. The van der Waals surface area contributed by atoms with E-state index in [0.717, 1.165) is 0 Å². The van der Waals surface area contributed by atoms with Crippen LogP contribution in [-0.2, 0) is 15.7 Å². The monoisotopic (exact) mass is 294 g/mol. The van der Waals surface area contributed by atoms with Gasteiger partial charge in [-0.15, -0.1) is 5.10 Å². The maximum absolute atomic E-state index is 13.0. The second-order valence-electron chi connectivity index (χ2n) is 3.74. The molecule has 1 unspecified atom stereocenters. The first kappa shape index (κ1) is 15.9. The molecule has 20 heavy (non-hydrogen) atoms. The largest absolute Gasteiger partial charge is 0.461 e. The van der Waals surface area contributed by atoms with E-state index in [0.29, 0.717) is 4.68 Å². The van der Waals surface area contributed by atoms with Gasteiger partial charge >= 0.3 is 12.1 Å². The topological polar surface area (TPSA) is 86.1 Å². The standard InChI is InChI=1S/C10H13F3N4O3/c1-4-20-9(19)6-7(10(11,12)13)17(16-15-6)5(2)8(18)14-3/h5H,4H2,1-3H3,(H,14,18). The number of carbonyl (C=O) groups excluding carboxylic acids is 2. The number of hydrogen-bond acceptors (Lipinski definition) is 5. The molecule has 1 amide bonds. The van der Waals surface area contributed by atoms with E-state index in [4.69, 9.17) is 0 Å². The summed E-state index contributed by atoms with van der Waals surface area (Å²) < 4.78 is 43.9. The van der Waals surface area contributed by atoms with Crippen molar-refractivity contribution >= 4 is 11.9 Å². The maximum Gasteiger partial charge on any atom is 0.435 e. The molecule has 0 aliphatic rings. The fraction of sp³-hybridized carbons (Fsp3) is 0.600. The summed E-state index contributed by atoms with van der Waals surface area (Å²) in [5.74, 6) is -1.94. The smallest absolute Gasteiger partial charge is 0.435 e. The van der Waals surface area contributed by atoms with Gasteiger partial charge in [0.15, 0.2) is 5.69 Å². The SMILES string of the molecule is CCOC(=O)c1nnn(C(C)C(=O)NC)c1C(F)(F)F.